The number of ether oxygens (including phenoxy) is 1. The number of nitrogens with two attached hydrogens (primary N) is 1. The molecule has 1 atom stereocenters. The van der Waals surface area contributed by atoms with Crippen molar-refractivity contribution in [1.29, 1.82) is 0 Å². The fourth-order valence-corrected chi connectivity index (χ4v) is 2.18. The monoisotopic (exact) mass is 219 g/mol. The first-order chi connectivity index (χ1) is 7.69. The highest BCUT2D eigenvalue weighted by Crippen LogP contribution is 2.43. The van der Waals surface area contributed by atoms with E-state index in [9.17, 15) is 0 Å². The van der Waals surface area contributed by atoms with Gasteiger partial charge in [0.05, 0.1) is 6.61 Å². The van der Waals surface area contributed by atoms with Gasteiger partial charge in [0, 0.05) is 18.6 Å². The maximum Gasteiger partial charge on any atom is 0.0530 e. The largest absolute Gasteiger partial charge is 0.384 e. The highest BCUT2D eigenvalue weighted by atomic mass is 16.5. The molecule has 0 saturated heterocycles. The first kappa shape index (κ1) is 11.6. The molecule has 1 fully saturated rings. The van der Waals surface area contributed by atoms with Crippen LogP contribution in [0.1, 0.15) is 43.2 Å². The van der Waals surface area contributed by atoms with Crippen LogP contribution in [0.25, 0.3) is 0 Å². The molecule has 0 bridgehead atoms. The zero-order chi connectivity index (χ0) is 11.6. The molecule has 2 N–H and O–H groups in total. The molecule has 0 radical (unpaired) electrons. The van der Waals surface area contributed by atoms with E-state index in [1.54, 1.807) is 7.11 Å². The molecule has 1 unspecified atom stereocenters. The zero-order valence-corrected chi connectivity index (χ0v) is 10.2. The van der Waals surface area contributed by atoms with Crippen LogP contribution in [0, 0.1) is 0 Å². The van der Waals surface area contributed by atoms with Gasteiger partial charge in [0.15, 0.2) is 0 Å². The van der Waals surface area contributed by atoms with Crippen molar-refractivity contribution in [2.45, 2.75) is 37.6 Å². The van der Waals surface area contributed by atoms with Crippen molar-refractivity contribution in [2.24, 2.45) is 5.73 Å². The van der Waals surface area contributed by atoms with E-state index >= 15 is 0 Å². The average Bonchev–Trinajstić information content (AvgIpc) is 3.06. The van der Waals surface area contributed by atoms with Crippen molar-refractivity contribution in [1.82, 2.24) is 0 Å². The van der Waals surface area contributed by atoms with Crippen LogP contribution in [0.15, 0.2) is 24.3 Å². The molecular formula is C14H21NO. The first-order valence-electron chi connectivity index (χ1n) is 6.08. The first-order valence-corrected chi connectivity index (χ1v) is 6.08. The van der Waals surface area contributed by atoms with Crippen LogP contribution in [0.3, 0.4) is 0 Å². The van der Waals surface area contributed by atoms with Crippen molar-refractivity contribution in [3.8, 4) is 0 Å². The molecule has 1 aromatic rings. The van der Waals surface area contributed by atoms with E-state index in [-0.39, 0.29) is 5.54 Å². The number of methoxy groups -OCH3 is 1. The lowest BCUT2D eigenvalue weighted by atomic mass is 9.93. The highest BCUT2D eigenvalue weighted by Gasteiger charge is 2.40. The van der Waals surface area contributed by atoms with Crippen molar-refractivity contribution in [2.75, 3.05) is 13.7 Å². The van der Waals surface area contributed by atoms with Crippen LogP contribution >= 0.6 is 0 Å². The van der Waals surface area contributed by atoms with Gasteiger partial charge in [-0.3, -0.25) is 0 Å². The summed E-state index contributed by atoms with van der Waals surface area (Å²) < 4.78 is 5.26. The second kappa shape index (κ2) is 4.56. The quantitative estimate of drug-likeness (QED) is 0.826. The van der Waals surface area contributed by atoms with Gasteiger partial charge in [-0.25, -0.2) is 0 Å². The number of hydrogen-bond acceptors (Lipinski definition) is 2. The molecule has 2 nitrogen and oxygen atoms in total. The molecule has 16 heavy (non-hydrogen) atoms. The fourth-order valence-electron chi connectivity index (χ4n) is 2.18. The Labute approximate surface area is 97.8 Å². The van der Waals surface area contributed by atoms with Crippen LogP contribution in [0.5, 0.6) is 0 Å². The molecule has 0 amide bonds. The topological polar surface area (TPSA) is 35.2 Å². The van der Waals surface area contributed by atoms with Crippen LogP contribution in [-0.2, 0) is 10.3 Å². The summed E-state index contributed by atoms with van der Waals surface area (Å²) in [5.41, 5.74) is 8.85. The summed E-state index contributed by atoms with van der Waals surface area (Å²) in [7, 11) is 1.76. The third-order valence-electron chi connectivity index (χ3n) is 3.58. The molecule has 1 saturated carbocycles. The molecular weight excluding hydrogens is 198 g/mol. The van der Waals surface area contributed by atoms with E-state index in [4.69, 9.17) is 10.5 Å². The predicted molar refractivity (Wildman–Crippen MR) is 66.4 cm³/mol. The zero-order valence-electron chi connectivity index (χ0n) is 10.2. The maximum atomic E-state index is 6.22. The molecule has 0 heterocycles. The highest BCUT2D eigenvalue weighted by molar-refractivity contribution is 5.34. The molecule has 88 valence electrons. The standard InChI is InChI=1S/C14H21NO/c1-3-11(10-16-2)12-5-4-6-13(9-12)14(15)7-8-14/h4-6,9,11H,3,7-8,10,15H2,1-2H3. The molecule has 2 heteroatoms. The molecule has 0 spiro atoms. The summed E-state index contributed by atoms with van der Waals surface area (Å²) in [6.07, 6.45) is 3.35. The van der Waals surface area contributed by atoms with Gasteiger partial charge in [0.2, 0.25) is 0 Å². The lowest BCUT2D eigenvalue weighted by molar-refractivity contribution is 0.177. The second-order valence-electron chi connectivity index (χ2n) is 4.84. The molecule has 0 aliphatic heterocycles. The van der Waals surface area contributed by atoms with E-state index in [0.29, 0.717) is 5.92 Å². The Kier molecular flexibility index (Phi) is 3.31. The van der Waals surface area contributed by atoms with Gasteiger partial charge in [0.1, 0.15) is 0 Å². The Balaban J connectivity index is 2.20. The van der Waals surface area contributed by atoms with Gasteiger partial charge < -0.3 is 10.5 Å². The average molecular weight is 219 g/mol. The van der Waals surface area contributed by atoms with Crippen LogP contribution in [0.2, 0.25) is 0 Å². The summed E-state index contributed by atoms with van der Waals surface area (Å²) in [6, 6.07) is 8.72. The van der Waals surface area contributed by atoms with Gasteiger partial charge in [-0.15, -0.1) is 0 Å². The maximum absolute atomic E-state index is 6.22. The van der Waals surface area contributed by atoms with E-state index in [1.807, 2.05) is 0 Å². The molecule has 2 rings (SSSR count). The fraction of sp³-hybridized carbons (Fsp3) is 0.571. The van der Waals surface area contributed by atoms with Crippen molar-refractivity contribution >= 4 is 0 Å². The minimum absolute atomic E-state index is 0.0264. The van der Waals surface area contributed by atoms with Crippen molar-refractivity contribution in [3.63, 3.8) is 0 Å². The summed E-state index contributed by atoms with van der Waals surface area (Å²) in [4.78, 5) is 0. The van der Waals surface area contributed by atoms with Gasteiger partial charge in [-0.2, -0.15) is 0 Å². The Hall–Kier alpha value is -0.860. The molecule has 1 aliphatic rings. The van der Waals surface area contributed by atoms with E-state index in [1.165, 1.54) is 11.1 Å². The van der Waals surface area contributed by atoms with Gasteiger partial charge in [0.25, 0.3) is 0 Å². The second-order valence-corrected chi connectivity index (χ2v) is 4.84. The summed E-state index contributed by atoms with van der Waals surface area (Å²) >= 11 is 0. The van der Waals surface area contributed by atoms with Crippen LogP contribution in [-0.4, -0.2) is 13.7 Å². The molecule has 0 aromatic heterocycles. The van der Waals surface area contributed by atoms with E-state index < -0.39 is 0 Å². The van der Waals surface area contributed by atoms with Gasteiger partial charge in [-0.05, 0) is 30.4 Å². The Morgan fingerprint density at radius 1 is 1.44 bits per heavy atom. The Bertz CT molecular complexity index is 358. The van der Waals surface area contributed by atoms with Gasteiger partial charge in [-0.1, -0.05) is 31.2 Å². The predicted octanol–water partition coefficient (Wildman–Crippen LogP) is 2.77. The summed E-state index contributed by atoms with van der Waals surface area (Å²) in [5, 5.41) is 0. The van der Waals surface area contributed by atoms with E-state index in [0.717, 1.165) is 25.9 Å². The van der Waals surface area contributed by atoms with Crippen molar-refractivity contribution in [3.05, 3.63) is 35.4 Å². The normalized spacial score (nSPS) is 19.4. The SMILES string of the molecule is CCC(COC)c1cccc(C2(N)CC2)c1. The minimum atomic E-state index is -0.0264. The number of hydrogen-bond donors (Lipinski definition) is 1. The van der Waals surface area contributed by atoms with Crippen LogP contribution < -0.4 is 5.73 Å². The number of rotatable bonds is 5. The number of benzene rings is 1. The lowest BCUT2D eigenvalue weighted by Gasteiger charge is -2.17. The Morgan fingerprint density at radius 2 is 2.19 bits per heavy atom. The summed E-state index contributed by atoms with van der Waals surface area (Å²) in [5.74, 6) is 0.493. The Morgan fingerprint density at radius 3 is 2.75 bits per heavy atom. The third-order valence-corrected chi connectivity index (χ3v) is 3.58. The minimum Gasteiger partial charge on any atom is -0.384 e. The third kappa shape index (κ3) is 2.28. The van der Waals surface area contributed by atoms with E-state index in [2.05, 4.69) is 31.2 Å². The lowest BCUT2D eigenvalue weighted by Crippen LogP contribution is -2.19. The summed E-state index contributed by atoms with van der Waals surface area (Å²) in [6.45, 7) is 2.99. The van der Waals surface area contributed by atoms with Gasteiger partial charge >= 0.3 is 0 Å². The molecule has 1 aliphatic carbocycles. The molecule has 1 aromatic carbocycles. The van der Waals surface area contributed by atoms with Crippen LogP contribution in [0.4, 0.5) is 0 Å². The van der Waals surface area contributed by atoms with Crippen molar-refractivity contribution < 1.29 is 4.74 Å². The smallest absolute Gasteiger partial charge is 0.0530 e.